The third-order valence-corrected chi connectivity index (χ3v) is 1.39. The van der Waals surface area contributed by atoms with Gasteiger partial charge in [0.15, 0.2) is 0 Å². The number of hydrogen-bond acceptors (Lipinski definition) is 4. The Morgan fingerprint density at radius 3 is 2.42 bits per heavy atom. The van der Waals surface area contributed by atoms with Gasteiger partial charge in [0.05, 0.1) is 32.5 Å². The van der Waals surface area contributed by atoms with Crippen molar-refractivity contribution in [3.8, 4) is 0 Å². The number of hydrogen-bond donors (Lipinski definition) is 1. The molecule has 74 valence electrons. The summed E-state index contributed by atoms with van der Waals surface area (Å²) in [6.07, 6.45) is 0.121. The number of rotatable bonds is 8. The molecule has 0 aliphatic rings. The lowest BCUT2D eigenvalue weighted by molar-refractivity contribution is 0.00243. The second-order valence-electron chi connectivity index (χ2n) is 2.52. The highest BCUT2D eigenvalue weighted by molar-refractivity contribution is 4.47. The first-order valence-corrected chi connectivity index (χ1v) is 4.19. The lowest BCUT2D eigenvalue weighted by atomic mass is 10.4. The van der Waals surface area contributed by atoms with Crippen molar-refractivity contribution in [1.82, 2.24) is 0 Å². The first-order valence-electron chi connectivity index (χ1n) is 4.19. The van der Waals surface area contributed by atoms with Crippen LogP contribution in [-0.4, -0.2) is 46.2 Å². The van der Waals surface area contributed by atoms with Gasteiger partial charge in [-0.1, -0.05) is 0 Å². The van der Waals surface area contributed by atoms with Crippen LogP contribution in [0.1, 0.15) is 6.92 Å². The van der Waals surface area contributed by atoms with E-state index in [2.05, 4.69) is 0 Å². The van der Waals surface area contributed by atoms with Crippen molar-refractivity contribution in [2.24, 2.45) is 5.73 Å². The van der Waals surface area contributed by atoms with Gasteiger partial charge in [-0.25, -0.2) is 0 Å². The Hall–Kier alpha value is -0.160. The second-order valence-corrected chi connectivity index (χ2v) is 2.52. The van der Waals surface area contributed by atoms with Gasteiger partial charge in [-0.2, -0.15) is 0 Å². The molecule has 2 N–H and O–H groups in total. The van der Waals surface area contributed by atoms with Crippen LogP contribution in [0.4, 0.5) is 0 Å². The van der Waals surface area contributed by atoms with Gasteiger partial charge in [-0.15, -0.1) is 0 Å². The largest absolute Gasteiger partial charge is 0.382 e. The van der Waals surface area contributed by atoms with Crippen molar-refractivity contribution in [1.29, 1.82) is 0 Å². The molecule has 12 heavy (non-hydrogen) atoms. The van der Waals surface area contributed by atoms with Gasteiger partial charge in [0.25, 0.3) is 0 Å². The second kappa shape index (κ2) is 8.93. The predicted molar refractivity (Wildman–Crippen MR) is 47.2 cm³/mol. The SMILES string of the molecule is COCCOCCOC(C)CN. The Morgan fingerprint density at radius 2 is 1.83 bits per heavy atom. The van der Waals surface area contributed by atoms with Gasteiger partial charge >= 0.3 is 0 Å². The summed E-state index contributed by atoms with van der Waals surface area (Å²) in [5.74, 6) is 0. The molecule has 0 saturated heterocycles. The Balaban J connectivity index is 2.90. The topological polar surface area (TPSA) is 53.7 Å². The molecule has 0 saturated carbocycles. The van der Waals surface area contributed by atoms with Crippen LogP contribution in [0.3, 0.4) is 0 Å². The van der Waals surface area contributed by atoms with Gasteiger partial charge in [0.1, 0.15) is 0 Å². The molecule has 4 heteroatoms. The first-order chi connectivity index (χ1) is 5.81. The Kier molecular flexibility index (Phi) is 8.81. The van der Waals surface area contributed by atoms with E-state index in [-0.39, 0.29) is 6.10 Å². The summed E-state index contributed by atoms with van der Waals surface area (Å²) in [7, 11) is 1.65. The minimum Gasteiger partial charge on any atom is -0.382 e. The van der Waals surface area contributed by atoms with Gasteiger partial charge < -0.3 is 19.9 Å². The predicted octanol–water partition coefficient (Wildman–Crippen LogP) is 0.0132. The minimum absolute atomic E-state index is 0.121. The lowest BCUT2D eigenvalue weighted by Gasteiger charge is -2.10. The molecule has 0 spiro atoms. The molecule has 0 aromatic heterocycles. The fourth-order valence-corrected chi connectivity index (χ4v) is 0.621. The molecule has 1 unspecified atom stereocenters. The number of nitrogens with two attached hydrogens (primary N) is 1. The molecule has 1 atom stereocenters. The van der Waals surface area contributed by atoms with Crippen LogP contribution in [0.5, 0.6) is 0 Å². The fraction of sp³-hybridized carbons (Fsp3) is 1.00. The summed E-state index contributed by atoms with van der Waals surface area (Å²) in [4.78, 5) is 0. The third kappa shape index (κ3) is 7.94. The van der Waals surface area contributed by atoms with Gasteiger partial charge in [0.2, 0.25) is 0 Å². The summed E-state index contributed by atoms with van der Waals surface area (Å²) < 4.78 is 15.3. The van der Waals surface area contributed by atoms with E-state index in [1.165, 1.54) is 0 Å². The zero-order valence-corrected chi connectivity index (χ0v) is 7.91. The average Bonchev–Trinajstić information content (AvgIpc) is 2.10. The molecule has 0 radical (unpaired) electrons. The summed E-state index contributed by atoms with van der Waals surface area (Å²) in [6, 6.07) is 0. The smallest absolute Gasteiger partial charge is 0.0704 e. The maximum atomic E-state index is 5.35. The van der Waals surface area contributed by atoms with Crippen molar-refractivity contribution < 1.29 is 14.2 Å². The molecule has 0 heterocycles. The monoisotopic (exact) mass is 177 g/mol. The zero-order valence-electron chi connectivity index (χ0n) is 7.91. The van der Waals surface area contributed by atoms with Crippen LogP contribution < -0.4 is 5.73 Å². The van der Waals surface area contributed by atoms with E-state index in [0.717, 1.165) is 0 Å². The fourth-order valence-electron chi connectivity index (χ4n) is 0.621. The van der Waals surface area contributed by atoms with E-state index in [0.29, 0.717) is 33.0 Å². The highest BCUT2D eigenvalue weighted by Crippen LogP contribution is 1.86. The van der Waals surface area contributed by atoms with Crippen LogP contribution in [0.25, 0.3) is 0 Å². The molecule has 0 aromatic rings. The van der Waals surface area contributed by atoms with Crippen molar-refractivity contribution in [3.05, 3.63) is 0 Å². The Morgan fingerprint density at radius 1 is 1.17 bits per heavy atom. The summed E-state index contributed by atoms with van der Waals surface area (Å²) in [5.41, 5.74) is 5.35. The van der Waals surface area contributed by atoms with Gasteiger partial charge in [-0.3, -0.25) is 0 Å². The summed E-state index contributed by atoms with van der Waals surface area (Å²) in [6.45, 7) is 4.95. The zero-order chi connectivity index (χ0) is 9.23. The lowest BCUT2D eigenvalue weighted by Crippen LogP contribution is -2.22. The number of ether oxygens (including phenoxy) is 3. The van der Waals surface area contributed by atoms with Crippen LogP contribution >= 0.6 is 0 Å². The summed E-state index contributed by atoms with van der Waals surface area (Å²) in [5, 5.41) is 0. The first kappa shape index (κ1) is 11.8. The van der Waals surface area contributed by atoms with Crippen LogP contribution in [0.15, 0.2) is 0 Å². The quantitative estimate of drug-likeness (QED) is 0.531. The highest BCUT2D eigenvalue weighted by atomic mass is 16.5. The van der Waals surface area contributed by atoms with Crippen LogP contribution in [-0.2, 0) is 14.2 Å². The molecular weight excluding hydrogens is 158 g/mol. The van der Waals surface area contributed by atoms with Crippen molar-refractivity contribution in [3.63, 3.8) is 0 Å². The van der Waals surface area contributed by atoms with Crippen molar-refractivity contribution in [2.45, 2.75) is 13.0 Å². The molecular formula is C8H19NO3. The molecule has 0 aliphatic heterocycles. The Bertz CT molecular complexity index is 90.4. The van der Waals surface area contributed by atoms with Crippen molar-refractivity contribution in [2.75, 3.05) is 40.1 Å². The Labute approximate surface area is 74.0 Å². The molecule has 0 rings (SSSR count). The van der Waals surface area contributed by atoms with E-state index in [1.807, 2.05) is 6.92 Å². The van der Waals surface area contributed by atoms with Crippen LogP contribution in [0.2, 0.25) is 0 Å². The number of methoxy groups -OCH3 is 1. The standard InChI is InChI=1S/C8H19NO3/c1-8(7-9)12-6-5-11-4-3-10-2/h8H,3-7,9H2,1-2H3. The van der Waals surface area contributed by atoms with E-state index in [1.54, 1.807) is 7.11 Å². The van der Waals surface area contributed by atoms with E-state index in [4.69, 9.17) is 19.9 Å². The van der Waals surface area contributed by atoms with Gasteiger partial charge in [-0.05, 0) is 6.92 Å². The maximum Gasteiger partial charge on any atom is 0.0704 e. The molecule has 0 bridgehead atoms. The minimum atomic E-state index is 0.121. The maximum absolute atomic E-state index is 5.35. The molecule has 0 aromatic carbocycles. The molecule has 0 amide bonds. The average molecular weight is 177 g/mol. The molecule has 0 aliphatic carbocycles. The van der Waals surface area contributed by atoms with E-state index in [9.17, 15) is 0 Å². The summed E-state index contributed by atoms with van der Waals surface area (Å²) >= 11 is 0. The normalized spacial score (nSPS) is 13.2. The third-order valence-electron chi connectivity index (χ3n) is 1.39. The van der Waals surface area contributed by atoms with E-state index >= 15 is 0 Å². The van der Waals surface area contributed by atoms with Gasteiger partial charge in [0, 0.05) is 13.7 Å². The molecule has 0 fully saturated rings. The van der Waals surface area contributed by atoms with Crippen LogP contribution in [0, 0.1) is 0 Å². The van der Waals surface area contributed by atoms with E-state index < -0.39 is 0 Å². The molecule has 4 nitrogen and oxygen atoms in total. The highest BCUT2D eigenvalue weighted by Gasteiger charge is 1.96. The van der Waals surface area contributed by atoms with Crippen molar-refractivity contribution >= 4 is 0 Å².